The first kappa shape index (κ1) is 11.6. The first-order valence-corrected chi connectivity index (χ1v) is 7.45. The van der Waals surface area contributed by atoms with Gasteiger partial charge in [-0.3, -0.25) is 0 Å². The van der Waals surface area contributed by atoms with E-state index in [9.17, 15) is 0 Å². The Kier molecular flexibility index (Phi) is 2.93. The Balaban J connectivity index is 1.84. The molecule has 17 heavy (non-hydrogen) atoms. The van der Waals surface area contributed by atoms with Crippen molar-refractivity contribution in [2.75, 3.05) is 19.5 Å². The molecule has 0 unspecified atom stereocenters. The maximum atomic E-state index is 5.92. The average molecular weight is 249 g/mol. The van der Waals surface area contributed by atoms with Gasteiger partial charge in [0.25, 0.3) is 0 Å². The van der Waals surface area contributed by atoms with Crippen LogP contribution >= 0.6 is 11.8 Å². The summed E-state index contributed by atoms with van der Waals surface area (Å²) in [6.45, 7) is 1.76. The quantitative estimate of drug-likeness (QED) is 0.836. The van der Waals surface area contributed by atoms with E-state index >= 15 is 0 Å². The molecule has 0 bridgehead atoms. The molecule has 1 saturated carbocycles. The fourth-order valence-corrected chi connectivity index (χ4v) is 3.40. The molecule has 3 rings (SSSR count). The number of hydrogen-bond donors (Lipinski definition) is 1. The van der Waals surface area contributed by atoms with Crippen molar-refractivity contribution < 1.29 is 4.74 Å². The van der Waals surface area contributed by atoms with Crippen molar-refractivity contribution in [3.63, 3.8) is 0 Å². The lowest BCUT2D eigenvalue weighted by Gasteiger charge is -2.53. The van der Waals surface area contributed by atoms with Gasteiger partial charge in [0.05, 0.1) is 13.2 Å². The SMILES string of the molecule is CSc1ccc(C2(C3CC(N)C3)COC2)cc1. The van der Waals surface area contributed by atoms with Crippen LogP contribution in [0.4, 0.5) is 0 Å². The number of nitrogens with two attached hydrogens (primary N) is 1. The molecule has 1 aliphatic carbocycles. The summed E-state index contributed by atoms with van der Waals surface area (Å²) in [6.07, 6.45) is 4.43. The van der Waals surface area contributed by atoms with Crippen molar-refractivity contribution in [3.8, 4) is 0 Å². The second kappa shape index (κ2) is 4.30. The van der Waals surface area contributed by atoms with Crippen molar-refractivity contribution in [2.24, 2.45) is 11.7 Å². The molecule has 2 fully saturated rings. The van der Waals surface area contributed by atoms with Gasteiger partial charge in [0.1, 0.15) is 0 Å². The van der Waals surface area contributed by atoms with Gasteiger partial charge in [-0.15, -0.1) is 11.8 Å². The van der Waals surface area contributed by atoms with E-state index in [0.717, 1.165) is 32.0 Å². The van der Waals surface area contributed by atoms with Crippen molar-refractivity contribution in [1.29, 1.82) is 0 Å². The maximum absolute atomic E-state index is 5.92. The Morgan fingerprint density at radius 1 is 1.24 bits per heavy atom. The zero-order chi connectivity index (χ0) is 11.9. The molecule has 0 amide bonds. The zero-order valence-electron chi connectivity index (χ0n) is 10.2. The molecule has 1 saturated heterocycles. The van der Waals surface area contributed by atoms with Gasteiger partial charge in [-0.05, 0) is 42.7 Å². The molecule has 1 aromatic rings. The summed E-state index contributed by atoms with van der Waals surface area (Å²) in [5.41, 5.74) is 7.64. The molecule has 0 atom stereocenters. The Labute approximate surface area is 107 Å². The molecule has 2 nitrogen and oxygen atoms in total. The Bertz CT molecular complexity index is 393. The molecule has 0 radical (unpaired) electrons. The molecule has 2 N–H and O–H groups in total. The van der Waals surface area contributed by atoms with Gasteiger partial charge in [0, 0.05) is 16.4 Å². The molecule has 3 heteroatoms. The molecule has 1 aromatic carbocycles. The minimum Gasteiger partial charge on any atom is -0.379 e. The van der Waals surface area contributed by atoms with Crippen molar-refractivity contribution in [2.45, 2.75) is 29.2 Å². The van der Waals surface area contributed by atoms with Gasteiger partial charge in [-0.25, -0.2) is 0 Å². The van der Waals surface area contributed by atoms with Gasteiger partial charge in [-0.1, -0.05) is 12.1 Å². The lowest BCUT2D eigenvalue weighted by Crippen LogP contribution is -2.58. The largest absolute Gasteiger partial charge is 0.379 e. The number of hydrogen-bond acceptors (Lipinski definition) is 3. The monoisotopic (exact) mass is 249 g/mol. The first-order chi connectivity index (χ1) is 8.24. The van der Waals surface area contributed by atoms with Gasteiger partial charge in [0.15, 0.2) is 0 Å². The van der Waals surface area contributed by atoms with Crippen LogP contribution in [-0.2, 0) is 10.2 Å². The van der Waals surface area contributed by atoms with E-state index in [1.807, 2.05) is 0 Å². The molecular weight excluding hydrogens is 230 g/mol. The number of ether oxygens (including phenoxy) is 1. The van der Waals surface area contributed by atoms with Crippen molar-refractivity contribution in [3.05, 3.63) is 29.8 Å². The van der Waals surface area contributed by atoms with Gasteiger partial charge < -0.3 is 10.5 Å². The number of rotatable bonds is 3. The standard InChI is InChI=1S/C14H19NOS/c1-17-13-4-2-10(3-5-13)14(8-16-9-14)11-6-12(15)7-11/h2-5,11-12H,6-9,15H2,1H3. The molecular formula is C14H19NOS. The summed E-state index contributed by atoms with van der Waals surface area (Å²) in [5.74, 6) is 0.728. The van der Waals surface area contributed by atoms with Crippen LogP contribution in [0.3, 0.4) is 0 Å². The minimum atomic E-state index is 0.271. The second-order valence-corrected chi connectivity index (χ2v) is 6.19. The lowest BCUT2D eigenvalue weighted by atomic mass is 9.59. The summed E-state index contributed by atoms with van der Waals surface area (Å²) in [7, 11) is 0. The third-order valence-electron chi connectivity index (χ3n) is 4.34. The normalized spacial score (nSPS) is 30.5. The van der Waals surface area contributed by atoms with Crippen LogP contribution in [0.2, 0.25) is 0 Å². The zero-order valence-corrected chi connectivity index (χ0v) is 11.0. The number of benzene rings is 1. The first-order valence-electron chi connectivity index (χ1n) is 6.22. The summed E-state index contributed by atoms with van der Waals surface area (Å²) in [6, 6.07) is 9.41. The topological polar surface area (TPSA) is 35.2 Å². The van der Waals surface area contributed by atoms with E-state index in [-0.39, 0.29) is 5.41 Å². The minimum absolute atomic E-state index is 0.271. The highest BCUT2D eigenvalue weighted by Gasteiger charge is 2.50. The van der Waals surface area contributed by atoms with E-state index < -0.39 is 0 Å². The predicted octanol–water partition coefficient (Wildman–Crippen LogP) is 2.41. The fraction of sp³-hybridized carbons (Fsp3) is 0.571. The highest BCUT2D eigenvalue weighted by molar-refractivity contribution is 7.98. The van der Waals surface area contributed by atoms with Crippen LogP contribution in [-0.4, -0.2) is 25.5 Å². The third kappa shape index (κ3) is 1.81. The summed E-state index contributed by atoms with van der Waals surface area (Å²) >= 11 is 1.79. The highest BCUT2D eigenvalue weighted by atomic mass is 32.2. The highest BCUT2D eigenvalue weighted by Crippen LogP contribution is 2.48. The predicted molar refractivity (Wildman–Crippen MR) is 71.4 cm³/mol. The Morgan fingerprint density at radius 2 is 1.88 bits per heavy atom. The lowest BCUT2D eigenvalue weighted by molar-refractivity contribution is -0.111. The summed E-state index contributed by atoms with van der Waals surface area (Å²) < 4.78 is 5.50. The van der Waals surface area contributed by atoms with Crippen LogP contribution in [0.1, 0.15) is 18.4 Å². The van der Waals surface area contributed by atoms with Crippen LogP contribution in [0.15, 0.2) is 29.2 Å². The summed E-state index contributed by atoms with van der Waals surface area (Å²) in [4.78, 5) is 1.33. The maximum Gasteiger partial charge on any atom is 0.0588 e. The van der Waals surface area contributed by atoms with E-state index in [1.54, 1.807) is 11.8 Å². The molecule has 1 aliphatic heterocycles. The van der Waals surface area contributed by atoms with Gasteiger partial charge >= 0.3 is 0 Å². The summed E-state index contributed by atoms with van der Waals surface area (Å²) in [5, 5.41) is 0. The smallest absolute Gasteiger partial charge is 0.0588 e. The molecule has 2 aliphatic rings. The molecule has 0 spiro atoms. The van der Waals surface area contributed by atoms with Gasteiger partial charge in [-0.2, -0.15) is 0 Å². The Hall–Kier alpha value is -0.510. The van der Waals surface area contributed by atoms with E-state index in [2.05, 4.69) is 30.5 Å². The Morgan fingerprint density at radius 3 is 2.29 bits per heavy atom. The van der Waals surface area contributed by atoms with Crippen LogP contribution in [0, 0.1) is 5.92 Å². The molecule has 1 heterocycles. The molecule has 92 valence electrons. The number of thioether (sulfide) groups is 1. The van der Waals surface area contributed by atoms with Crippen LogP contribution in [0.5, 0.6) is 0 Å². The van der Waals surface area contributed by atoms with Gasteiger partial charge in [0.2, 0.25) is 0 Å². The van der Waals surface area contributed by atoms with Crippen molar-refractivity contribution in [1.82, 2.24) is 0 Å². The average Bonchev–Trinajstić information content (AvgIpc) is 2.26. The van der Waals surface area contributed by atoms with E-state index in [0.29, 0.717) is 6.04 Å². The van der Waals surface area contributed by atoms with Crippen LogP contribution in [0.25, 0.3) is 0 Å². The van der Waals surface area contributed by atoms with E-state index in [1.165, 1.54) is 10.5 Å². The fourth-order valence-electron chi connectivity index (χ4n) is 3.00. The van der Waals surface area contributed by atoms with Crippen molar-refractivity contribution >= 4 is 11.8 Å². The second-order valence-electron chi connectivity index (χ2n) is 5.31. The van der Waals surface area contributed by atoms with Crippen LogP contribution < -0.4 is 5.73 Å². The molecule has 0 aromatic heterocycles. The third-order valence-corrected chi connectivity index (χ3v) is 5.08. The van der Waals surface area contributed by atoms with E-state index in [4.69, 9.17) is 10.5 Å².